The molecule has 2 aromatic rings. The Morgan fingerprint density at radius 1 is 0.606 bits per heavy atom. The highest BCUT2D eigenvalue weighted by molar-refractivity contribution is 9.09. The lowest BCUT2D eigenvalue weighted by molar-refractivity contribution is 0.292. The highest BCUT2D eigenvalue weighted by Gasteiger charge is 1.98. The van der Waals surface area contributed by atoms with Crippen LogP contribution in [-0.4, -0.2) is 30.3 Å². The zero-order valence-electron chi connectivity index (χ0n) is 20.6. The molecule has 0 amide bonds. The average Bonchev–Trinajstić information content (AvgIpc) is 2.82. The summed E-state index contributed by atoms with van der Waals surface area (Å²) in [7, 11) is 0. The van der Waals surface area contributed by atoms with Gasteiger partial charge in [0.2, 0.25) is 0 Å². The maximum absolute atomic E-state index is 9.17. The number of phenols is 1. The monoisotopic (exact) mass is 522 g/mol. The van der Waals surface area contributed by atoms with E-state index in [9.17, 15) is 5.11 Å². The maximum Gasteiger partial charge on any atom is 0.122 e. The standard InChI is InChI=1S/C16H25BrO2.C12H18O2/c1-2-3-4-6-12-18-15-9-8-10-16(14-15)19-13-7-5-11-17;1-2-3-4-5-9-14-12-8-6-7-11(13)10-12/h8-10,14H,2-7,11-13H2,1H3;6-8,10,13H,2-5,9H2,1H3. The molecule has 0 bridgehead atoms. The molecule has 33 heavy (non-hydrogen) atoms. The van der Waals surface area contributed by atoms with E-state index in [4.69, 9.17) is 14.2 Å². The first-order chi connectivity index (χ1) is 16.2. The normalized spacial score (nSPS) is 10.3. The van der Waals surface area contributed by atoms with Crippen molar-refractivity contribution in [3.05, 3.63) is 48.5 Å². The number of halogens is 1. The molecule has 1 N–H and O–H groups in total. The predicted molar refractivity (Wildman–Crippen MR) is 142 cm³/mol. The van der Waals surface area contributed by atoms with Crippen LogP contribution in [-0.2, 0) is 0 Å². The molecule has 0 aromatic heterocycles. The molecule has 0 fully saturated rings. The van der Waals surface area contributed by atoms with Gasteiger partial charge in [-0.15, -0.1) is 0 Å². The second kappa shape index (κ2) is 20.7. The molecule has 0 saturated carbocycles. The van der Waals surface area contributed by atoms with E-state index in [-0.39, 0.29) is 5.75 Å². The van der Waals surface area contributed by atoms with Crippen molar-refractivity contribution in [2.45, 2.75) is 78.1 Å². The third-order valence-corrected chi connectivity index (χ3v) is 5.51. The van der Waals surface area contributed by atoms with Gasteiger partial charge in [-0.1, -0.05) is 80.4 Å². The Labute approximate surface area is 209 Å². The van der Waals surface area contributed by atoms with E-state index in [0.29, 0.717) is 0 Å². The Bertz CT molecular complexity index is 708. The summed E-state index contributed by atoms with van der Waals surface area (Å²) < 4.78 is 16.9. The largest absolute Gasteiger partial charge is 0.508 e. The average molecular weight is 524 g/mol. The molecule has 0 aliphatic carbocycles. The quantitative estimate of drug-likeness (QED) is 0.167. The summed E-state index contributed by atoms with van der Waals surface area (Å²) in [6, 6.07) is 14.9. The van der Waals surface area contributed by atoms with E-state index in [0.717, 1.165) is 68.1 Å². The fraction of sp³-hybridized carbons (Fsp3) is 0.571. The summed E-state index contributed by atoms with van der Waals surface area (Å²) in [6.07, 6.45) is 12.0. The van der Waals surface area contributed by atoms with Crippen molar-refractivity contribution >= 4 is 15.9 Å². The fourth-order valence-corrected chi connectivity index (χ4v) is 3.45. The number of benzene rings is 2. The van der Waals surface area contributed by atoms with E-state index in [2.05, 4.69) is 29.8 Å². The predicted octanol–water partition coefficient (Wildman–Crippen LogP) is 8.55. The molecule has 4 nitrogen and oxygen atoms in total. The van der Waals surface area contributed by atoms with Gasteiger partial charge < -0.3 is 19.3 Å². The van der Waals surface area contributed by atoms with Crippen LogP contribution in [0.4, 0.5) is 0 Å². The van der Waals surface area contributed by atoms with Crippen molar-refractivity contribution in [1.29, 1.82) is 0 Å². The van der Waals surface area contributed by atoms with Gasteiger partial charge in [-0.25, -0.2) is 0 Å². The zero-order chi connectivity index (χ0) is 24.0. The van der Waals surface area contributed by atoms with E-state index < -0.39 is 0 Å². The van der Waals surface area contributed by atoms with Crippen LogP contribution in [0.3, 0.4) is 0 Å². The van der Waals surface area contributed by atoms with Gasteiger partial charge in [0.1, 0.15) is 23.0 Å². The van der Waals surface area contributed by atoms with Crippen LogP contribution in [0.25, 0.3) is 0 Å². The van der Waals surface area contributed by atoms with Gasteiger partial charge in [0, 0.05) is 17.5 Å². The Kier molecular flexibility index (Phi) is 18.3. The third-order valence-electron chi connectivity index (χ3n) is 4.95. The van der Waals surface area contributed by atoms with Crippen LogP contribution in [0.5, 0.6) is 23.0 Å². The molecule has 0 radical (unpaired) electrons. The summed E-state index contributed by atoms with van der Waals surface area (Å²) in [5.41, 5.74) is 0. The smallest absolute Gasteiger partial charge is 0.122 e. The van der Waals surface area contributed by atoms with E-state index in [1.54, 1.807) is 18.2 Å². The van der Waals surface area contributed by atoms with Crippen molar-refractivity contribution in [1.82, 2.24) is 0 Å². The van der Waals surface area contributed by atoms with Crippen LogP contribution in [0, 0.1) is 0 Å². The molecule has 0 spiro atoms. The van der Waals surface area contributed by atoms with Crippen LogP contribution in [0.1, 0.15) is 78.1 Å². The molecular formula is C28H43BrO4. The molecule has 0 unspecified atom stereocenters. The Balaban J connectivity index is 0.000000346. The van der Waals surface area contributed by atoms with Gasteiger partial charge in [0.05, 0.1) is 19.8 Å². The van der Waals surface area contributed by atoms with E-state index >= 15 is 0 Å². The number of ether oxygens (including phenoxy) is 3. The third kappa shape index (κ3) is 16.4. The number of aromatic hydroxyl groups is 1. The van der Waals surface area contributed by atoms with E-state index in [1.165, 1.54) is 38.5 Å². The van der Waals surface area contributed by atoms with Gasteiger partial charge in [-0.2, -0.15) is 0 Å². The SMILES string of the molecule is CCCCCCOc1cccc(O)c1.CCCCCCOc1cccc(OCCCCBr)c1. The first-order valence-corrected chi connectivity index (χ1v) is 13.6. The van der Waals surface area contributed by atoms with Gasteiger partial charge in [0.15, 0.2) is 0 Å². The van der Waals surface area contributed by atoms with Crippen LogP contribution in [0.15, 0.2) is 48.5 Å². The number of hydrogen-bond acceptors (Lipinski definition) is 4. The summed E-state index contributed by atoms with van der Waals surface area (Å²) in [5.74, 6) is 2.83. The van der Waals surface area contributed by atoms with Gasteiger partial charge in [0.25, 0.3) is 0 Å². The minimum absolute atomic E-state index is 0.260. The van der Waals surface area contributed by atoms with Crippen LogP contribution in [0.2, 0.25) is 0 Å². The molecule has 0 atom stereocenters. The first kappa shape index (κ1) is 29.2. The molecule has 2 aromatic carbocycles. The van der Waals surface area contributed by atoms with Gasteiger partial charge in [-0.3, -0.25) is 0 Å². The van der Waals surface area contributed by atoms with Crippen molar-refractivity contribution in [2.75, 3.05) is 25.2 Å². The molecule has 0 heterocycles. The lowest BCUT2D eigenvalue weighted by Crippen LogP contribution is -1.99. The van der Waals surface area contributed by atoms with Crippen LogP contribution < -0.4 is 14.2 Å². The molecule has 0 aliphatic rings. The molecule has 2 rings (SSSR count). The van der Waals surface area contributed by atoms with Gasteiger partial charge >= 0.3 is 0 Å². The minimum Gasteiger partial charge on any atom is -0.508 e. The van der Waals surface area contributed by atoms with Crippen LogP contribution >= 0.6 is 15.9 Å². The van der Waals surface area contributed by atoms with Crippen molar-refractivity contribution in [2.24, 2.45) is 0 Å². The number of phenolic OH excluding ortho intramolecular Hbond substituents is 1. The summed E-state index contributed by atoms with van der Waals surface area (Å²) in [4.78, 5) is 0. The summed E-state index contributed by atoms with van der Waals surface area (Å²) >= 11 is 3.42. The maximum atomic E-state index is 9.17. The minimum atomic E-state index is 0.260. The molecule has 5 heteroatoms. The molecule has 186 valence electrons. The van der Waals surface area contributed by atoms with Crippen molar-refractivity contribution in [3.63, 3.8) is 0 Å². The Morgan fingerprint density at radius 3 is 1.52 bits per heavy atom. The highest BCUT2D eigenvalue weighted by Crippen LogP contribution is 2.20. The van der Waals surface area contributed by atoms with E-state index in [1.807, 2.05) is 30.3 Å². The number of hydrogen-bond donors (Lipinski definition) is 1. The number of alkyl halides is 1. The Morgan fingerprint density at radius 2 is 1.06 bits per heavy atom. The summed E-state index contributed by atoms with van der Waals surface area (Å²) in [6.45, 7) is 6.72. The topological polar surface area (TPSA) is 47.9 Å². The lowest BCUT2D eigenvalue weighted by atomic mass is 10.2. The first-order valence-electron chi connectivity index (χ1n) is 12.5. The highest BCUT2D eigenvalue weighted by atomic mass is 79.9. The Hall–Kier alpha value is -1.88. The molecule has 0 aliphatic heterocycles. The molecule has 0 saturated heterocycles. The summed E-state index contributed by atoms with van der Waals surface area (Å²) in [5, 5.41) is 10.2. The molecular weight excluding hydrogens is 480 g/mol. The lowest BCUT2D eigenvalue weighted by Gasteiger charge is -2.09. The fourth-order valence-electron chi connectivity index (χ4n) is 3.05. The second-order valence-electron chi connectivity index (χ2n) is 8.04. The zero-order valence-corrected chi connectivity index (χ0v) is 22.2. The second-order valence-corrected chi connectivity index (χ2v) is 8.83. The number of unbranched alkanes of at least 4 members (excludes halogenated alkanes) is 7. The van der Waals surface area contributed by atoms with Crippen molar-refractivity contribution < 1.29 is 19.3 Å². The van der Waals surface area contributed by atoms with Gasteiger partial charge in [-0.05, 0) is 49.9 Å². The van der Waals surface area contributed by atoms with Crippen molar-refractivity contribution in [3.8, 4) is 23.0 Å². The number of rotatable bonds is 17.